The van der Waals surface area contributed by atoms with E-state index in [1.807, 2.05) is 0 Å². The standard InChI is InChI=1S/C10H17NO3/c1-5-8(11-6-7-12)9(13)14-10(2,3)4/h5,7-8,11H,1,6H2,2-4H3. The summed E-state index contributed by atoms with van der Waals surface area (Å²) in [6.45, 7) is 8.94. The zero-order valence-electron chi connectivity index (χ0n) is 8.87. The summed E-state index contributed by atoms with van der Waals surface area (Å²) in [6.07, 6.45) is 2.10. The number of carbonyl (C=O) groups is 2. The number of nitrogens with one attached hydrogen (secondary N) is 1. The topological polar surface area (TPSA) is 55.4 Å². The summed E-state index contributed by atoms with van der Waals surface area (Å²) in [5.41, 5.74) is -0.527. The molecule has 14 heavy (non-hydrogen) atoms. The highest BCUT2D eigenvalue weighted by atomic mass is 16.6. The van der Waals surface area contributed by atoms with Crippen molar-refractivity contribution in [2.75, 3.05) is 6.54 Å². The molecule has 0 rings (SSSR count). The molecule has 0 saturated carbocycles. The molecule has 0 heterocycles. The van der Waals surface area contributed by atoms with Crippen LogP contribution < -0.4 is 5.32 Å². The molecule has 0 aromatic rings. The van der Waals surface area contributed by atoms with Gasteiger partial charge in [-0.1, -0.05) is 6.08 Å². The third-order valence-corrected chi connectivity index (χ3v) is 1.32. The zero-order valence-corrected chi connectivity index (χ0v) is 8.87. The van der Waals surface area contributed by atoms with E-state index in [2.05, 4.69) is 11.9 Å². The predicted molar refractivity (Wildman–Crippen MR) is 53.9 cm³/mol. The maximum atomic E-state index is 11.4. The Morgan fingerprint density at radius 3 is 2.50 bits per heavy atom. The second-order valence-electron chi connectivity index (χ2n) is 3.82. The monoisotopic (exact) mass is 199 g/mol. The van der Waals surface area contributed by atoms with Gasteiger partial charge in [-0.2, -0.15) is 0 Å². The SMILES string of the molecule is C=CC(NCC=O)C(=O)OC(C)(C)C. The van der Waals surface area contributed by atoms with Crippen LogP contribution in [0.1, 0.15) is 20.8 Å². The van der Waals surface area contributed by atoms with Crippen molar-refractivity contribution in [3.8, 4) is 0 Å². The maximum absolute atomic E-state index is 11.4. The van der Waals surface area contributed by atoms with Crippen LogP contribution in [0.5, 0.6) is 0 Å². The van der Waals surface area contributed by atoms with Gasteiger partial charge in [0.2, 0.25) is 0 Å². The van der Waals surface area contributed by atoms with E-state index in [4.69, 9.17) is 4.74 Å². The van der Waals surface area contributed by atoms with E-state index in [9.17, 15) is 9.59 Å². The molecule has 1 N–H and O–H groups in total. The van der Waals surface area contributed by atoms with Gasteiger partial charge < -0.3 is 9.53 Å². The molecule has 0 radical (unpaired) electrons. The number of carbonyl (C=O) groups excluding carboxylic acids is 2. The largest absolute Gasteiger partial charge is 0.459 e. The highest BCUT2D eigenvalue weighted by Gasteiger charge is 2.21. The van der Waals surface area contributed by atoms with E-state index < -0.39 is 17.6 Å². The van der Waals surface area contributed by atoms with Gasteiger partial charge in [0.15, 0.2) is 0 Å². The summed E-state index contributed by atoms with van der Waals surface area (Å²) in [7, 11) is 0. The van der Waals surface area contributed by atoms with Crippen LogP contribution in [-0.4, -0.2) is 30.4 Å². The predicted octanol–water partition coefficient (Wildman–Crippen LogP) is 0.671. The molecule has 0 aliphatic carbocycles. The summed E-state index contributed by atoms with van der Waals surface area (Å²) in [6, 6.07) is -0.626. The summed E-state index contributed by atoms with van der Waals surface area (Å²) in [5, 5.41) is 2.68. The maximum Gasteiger partial charge on any atom is 0.327 e. The van der Waals surface area contributed by atoms with Crippen molar-refractivity contribution in [3.05, 3.63) is 12.7 Å². The Hall–Kier alpha value is -1.16. The fraction of sp³-hybridized carbons (Fsp3) is 0.600. The fourth-order valence-electron chi connectivity index (χ4n) is 0.803. The number of aldehydes is 1. The van der Waals surface area contributed by atoms with Gasteiger partial charge in [-0.3, -0.25) is 5.32 Å². The third kappa shape index (κ3) is 5.48. The molecule has 1 atom stereocenters. The second-order valence-corrected chi connectivity index (χ2v) is 3.82. The van der Waals surface area contributed by atoms with Crippen molar-refractivity contribution >= 4 is 12.3 Å². The van der Waals surface area contributed by atoms with Gasteiger partial charge in [-0.15, -0.1) is 6.58 Å². The molecule has 0 spiro atoms. The van der Waals surface area contributed by atoms with Crippen molar-refractivity contribution in [2.45, 2.75) is 32.4 Å². The molecule has 0 aliphatic heterocycles. The molecule has 0 amide bonds. The van der Waals surface area contributed by atoms with Crippen LogP contribution in [0.3, 0.4) is 0 Å². The Balaban J connectivity index is 4.17. The smallest absolute Gasteiger partial charge is 0.327 e. The van der Waals surface area contributed by atoms with Crippen molar-refractivity contribution in [1.82, 2.24) is 5.32 Å². The van der Waals surface area contributed by atoms with Gasteiger partial charge in [-0.25, -0.2) is 4.79 Å². The lowest BCUT2D eigenvalue weighted by Crippen LogP contribution is -2.40. The van der Waals surface area contributed by atoms with Gasteiger partial charge in [-0.05, 0) is 20.8 Å². The van der Waals surface area contributed by atoms with Crippen LogP contribution in [-0.2, 0) is 14.3 Å². The molecule has 0 aromatic heterocycles. The first-order valence-corrected chi connectivity index (χ1v) is 4.43. The average Bonchev–Trinajstić information content (AvgIpc) is 2.02. The summed E-state index contributed by atoms with van der Waals surface area (Å²) in [5.74, 6) is -0.422. The quantitative estimate of drug-likeness (QED) is 0.402. The van der Waals surface area contributed by atoms with Crippen molar-refractivity contribution < 1.29 is 14.3 Å². The van der Waals surface area contributed by atoms with Crippen LogP contribution in [0.2, 0.25) is 0 Å². The molecule has 0 bridgehead atoms. The number of hydrogen-bond acceptors (Lipinski definition) is 4. The molecule has 1 unspecified atom stereocenters. The van der Waals surface area contributed by atoms with Crippen LogP contribution in [0.15, 0.2) is 12.7 Å². The Labute approximate surface area is 84.3 Å². The first-order chi connectivity index (χ1) is 6.40. The minimum atomic E-state index is -0.626. The highest BCUT2D eigenvalue weighted by molar-refractivity contribution is 5.78. The Morgan fingerprint density at radius 1 is 1.57 bits per heavy atom. The van der Waals surface area contributed by atoms with Gasteiger partial charge in [0.25, 0.3) is 0 Å². The van der Waals surface area contributed by atoms with E-state index in [-0.39, 0.29) is 6.54 Å². The Bertz CT molecular complexity index is 218. The molecule has 4 heteroatoms. The summed E-state index contributed by atoms with van der Waals surface area (Å²) < 4.78 is 5.10. The third-order valence-electron chi connectivity index (χ3n) is 1.32. The Morgan fingerprint density at radius 2 is 2.14 bits per heavy atom. The number of ether oxygens (including phenoxy) is 1. The second kappa shape index (κ2) is 5.54. The molecule has 0 fully saturated rings. The van der Waals surface area contributed by atoms with Gasteiger partial charge in [0.05, 0.1) is 6.54 Å². The van der Waals surface area contributed by atoms with E-state index in [0.29, 0.717) is 6.29 Å². The molecule has 0 saturated heterocycles. The first-order valence-electron chi connectivity index (χ1n) is 4.43. The minimum Gasteiger partial charge on any atom is -0.459 e. The van der Waals surface area contributed by atoms with Crippen LogP contribution >= 0.6 is 0 Å². The lowest BCUT2D eigenvalue weighted by Gasteiger charge is -2.22. The lowest BCUT2D eigenvalue weighted by atomic mass is 10.2. The molecule has 80 valence electrons. The zero-order chi connectivity index (χ0) is 11.2. The van der Waals surface area contributed by atoms with Gasteiger partial charge in [0, 0.05) is 0 Å². The lowest BCUT2D eigenvalue weighted by molar-refractivity contribution is -0.155. The number of esters is 1. The first kappa shape index (κ1) is 12.8. The van der Waals surface area contributed by atoms with Crippen LogP contribution in [0.4, 0.5) is 0 Å². The Kier molecular flexibility index (Phi) is 5.09. The van der Waals surface area contributed by atoms with E-state index in [0.717, 1.165) is 0 Å². The van der Waals surface area contributed by atoms with E-state index >= 15 is 0 Å². The number of rotatable bonds is 5. The van der Waals surface area contributed by atoms with E-state index in [1.165, 1.54) is 6.08 Å². The molecule has 4 nitrogen and oxygen atoms in total. The highest BCUT2D eigenvalue weighted by Crippen LogP contribution is 2.08. The van der Waals surface area contributed by atoms with Crippen molar-refractivity contribution in [3.63, 3.8) is 0 Å². The van der Waals surface area contributed by atoms with E-state index in [1.54, 1.807) is 20.8 Å². The normalized spacial score (nSPS) is 13.1. The summed E-state index contributed by atoms with van der Waals surface area (Å²) in [4.78, 5) is 21.5. The molecule has 0 aromatic carbocycles. The van der Waals surface area contributed by atoms with Crippen molar-refractivity contribution in [2.24, 2.45) is 0 Å². The fourth-order valence-corrected chi connectivity index (χ4v) is 0.803. The summed E-state index contributed by atoms with van der Waals surface area (Å²) >= 11 is 0. The van der Waals surface area contributed by atoms with Gasteiger partial charge >= 0.3 is 5.97 Å². The van der Waals surface area contributed by atoms with Crippen LogP contribution in [0.25, 0.3) is 0 Å². The molecular weight excluding hydrogens is 182 g/mol. The van der Waals surface area contributed by atoms with Crippen molar-refractivity contribution in [1.29, 1.82) is 0 Å². The van der Waals surface area contributed by atoms with Gasteiger partial charge in [0.1, 0.15) is 17.9 Å². The minimum absolute atomic E-state index is 0.107. The number of hydrogen-bond donors (Lipinski definition) is 1. The van der Waals surface area contributed by atoms with Crippen LogP contribution in [0, 0.1) is 0 Å². The molecule has 0 aliphatic rings. The molecular formula is C10H17NO3. The average molecular weight is 199 g/mol.